The number of allylic oxidation sites excluding steroid dienone is 5. The van der Waals surface area contributed by atoms with Gasteiger partial charge in [0.2, 0.25) is 0 Å². The molecule has 0 bridgehead atoms. The van der Waals surface area contributed by atoms with Gasteiger partial charge in [-0.2, -0.15) is 0 Å². The summed E-state index contributed by atoms with van der Waals surface area (Å²) in [6.07, 6.45) is 7.82. The Kier molecular flexibility index (Phi) is 6.30. The maximum Gasteiger partial charge on any atom is -0.0317 e. The summed E-state index contributed by atoms with van der Waals surface area (Å²) in [5.41, 5.74) is 4.28. The van der Waals surface area contributed by atoms with Gasteiger partial charge in [-0.3, -0.25) is 0 Å². The second-order valence-corrected chi connectivity index (χ2v) is 3.85. The third kappa shape index (κ3) is 6.39. The average Bonchev–Trinajstić information content (AvgIpc) is 2.04. The minimum atomic E-state index is 1.12. The molecule has 0 aromatic rings. The number of unbranched alkanes of at least 4 members (excludes halogenated alkanes) is 1. The summed E-state index contributed by atoms with van der Waals surface area (Å²) in [4.78, 5) is 0. The van der Waals surface area contributed by atoms with E-state index in [2.05, 4.69) is 40.3 Å². The van der Waals surface area contributed by atoms with Gasteiger partial charge in [0.15, 0.2) is 0 Å². The lowest BCUT2D eigenvalue weighted by molar-refractivity contribution is 0.832. The fourth-order valence-corrected chi connectivity index (χ4v) is 1.11. The van der Waals surface area contributed by atoms with Gasteiger partial charge in [-0.1, -0.05) is 28.9 Å². The molecule has 74 valence electrons. The Balaban J connectivity index is 4.02. The van der Waals surface area contributed by atoms with Crippen molar-refractivity contribution >= 4 is 0 Å². The minimum absolute atomic E-state index is 1.12. The summed E-state index contributed by atoms with van der Waals surface area (Å²) in [5, 5.41) is 0. The van der Waals surface area contributed by atoms with E-state index in [0.717, 1.165) is 6.42 Å². The van der Waals surface area contributed by atoms with E-state index >= 15 is 0 Å². The fourth-order valence-electron chi connectivity index (χ4n) is 1.11. The second-order valence-electron chi connectivity index (χ2n) is 3.85. The van der Waals surface area contributed by atoms with Crippen LogP contribution in [0.25, 0.3) is 0 Å². The topological polar surface area (TPSA) is 0 Å². The first-order valence-corrected chi connectivity index (χ1v) is 5.00. The highest BCUT2D eigenvalue weighted by Gasteiger charge is 1.91. The molecule has 0 radical (unpaired) electrons. The van der Waals surface area contributed by atoms with Gasteiger partial charge in [0.25, 0.3) is 0 Å². The van der Waals surface area contributed by atoms with Gasteiger partial charge < -0.3 is 0 Å². The molecular weight excluding hydrogens is 156 g/mol. The molecule has 0 saturated carbocycles. The molecule has 0 heterocycles. The Morgan fingerprint density at radius 2 is 1.77 bits per heavy atom. The minimum Gasteiger partial charge on any atom is -0.103 e. The molecule has 0 aromatic carbocycles. The van der Waals surface area contributed by atoms with E-state index in [9.17, 15) is 0 Å². The first-order valence-electron chi connectivity index (χ1n) is 5.00. The zero-order valence-electron chi connectivity index (χ0n) is 9.48. The zero-order valence-corrected chi connectivity index (χ0v) is 9.48. The molecule has 0 unspecified atom stereocenters. The lowest BCUT2D eigenvalue weighted by Gasteiger charge is -2.01. The largest absolute Gasteiger partial charge is 0.103 e. The molecule has 0 N–H and O–H groups in total. The quantitative estimate of drug-likeness (QED) is 0.327. The van der Waals surface area contributed by atoms with Crippen molar-refractivity contribution in [3.8, 4) is 0 Å². The highest BCUT2D eigenvalue weighted by Crippen LogP contribution is 2.12. The predicted molar refractivity (Wildman–Crippen MR) is 61.9 cm³/mol. The third-order valence-electron chi connectivity index (χ3n) is 2.23. The highest BCUT2D eigenvalue weighted by atomic mass is 14.0. The summed E-state index contributed by atoms with van der Waals surface area (Å²) in [7, 11) is 0. The molecule has 0 atom stereocenters. The smallest absolute Gasteiger partial charge is 0.0317 e. The molecule has 0 spiro atoms. The van der Waals surface area contributed by atoms with Crippen LogP contribution in [0.1, 0.15) is 47.0 Å². The van der Waals surface area contributed by atoms with Crippen LogP contribution < -0.4 is 0 Å². The van der Waals surface area contributed by atoms with Gasteiger partial charge in [0, 0.05) is 0 Å². The maximum absolute atomic E-state index is 3.72. The van der Waals surface area contributed by atoms with Crippen molar-refractivity contribution in [2.24, 2.45) is 0 Å². The molecule has 0 aliphatic carbocycles. The molecule has 0 fully saturated rings. The number of hydrogen-bond acceptors (Lipinski definition) is 0. The third-order valence-corrected chi connectivity index (χ3v) is 2.23. The summed E-state index contributed by atoms with van der Waals surface area (Å²) < 4.78 is 0. The van der Waals surface area contributed by atoms with Crippen LogP contribution in [0.2, 0.25) is 0 Å². The van der Waals surface area contributed by atoms with Crippen LogP contribution in [-0.4, -0.2) is 0 Å². The first-order chi connectivity index (χ1) is 6.07. The Morgan fingerprint density at radius 3 is 2.23 bits per heavy atom. The predicted octanol–water partition coefficient (Wildman–Crippen LogP) is 4.65. The maximum atomic E-state index is 3.72. The van der Waals surface area contributed by atoms with Crippen molar-refractivity contribution in [1.29, 1.82) is 0 Å². The molecule has 0 nitrogen and oxygen atoms in total. The van der Waals surface area contributed by atoms with Crippen molar-refractivity contribution in [3.63, 3.8) is 0 Å². The SMILES string of the molecule is C=CCCC/C(C)=C/C(C)=C(C)C. The Hall–Kier alpha value is -0.780. The van der Waals surface area contributed by atoms with Crippen molar-refractivity contribution in [1.82, 2.24) is 0 Å². The fraction of sp³-hybridized carbons (Fsp3) is 0.538. The summed E-state index contributed by atoms with van der Waals surface area (Å²) in [6, 6.07) is 0. The van der Waals surface area contributed by atoms with Crippen molar-refractivity contribution in [3.05, 3.63) is 35.5 Å². The lowest BCUT2D eigenvalue weighted by Crippen LogP contribution is -1.81. The first kappa shape index (κ1) is 12.2. The Morgan fingerprint density at radius 1 is 1.15 bits per heavy atom. The monoisotopic (exact) mass is 178 g/mol. The molecule has 0 aromatic heterocycles. The zero-order chi connectivity index (χ0) is 10.3. The average molecular weight is 178 g/mol. The van der Waals surface area contributed by atoms with E-state index in [1.807, 2.05) is 6.08 Å². The van der Waals surface area contributed by atoms with Crippen LogP contribution >= 0.6 is 0 Å². The van der Waals surface area contributed by atoms with Crippen LogP contribution in [0.15, 0.2) is 35.5 Å². The number of rotatable bonds is 5. The lowest BCUT2D eigenvalue weighted by atomic mass is 10.1. The van der Waals surface area contributed by atoms with Gasteiger partial charge in [-0.15, -0.1) is 6.58 Å². The Labute approximate surface area is 83.0 Å². The molecule has 0 rings (SSSR count). The van der Waals surface area contributed by atoms with E-state index in [4.69, 9.17) is 0 Å². The van der Waals surface area contributed by atoms with Gasteiger partial charge >= 0.3 is 0 Å². The summed E-state index contributed by atoms with van der Waals surface area (Å²) in [5.74, 6) is 0. The molecular formula is C13H22. The van der Waals surface area contributed by atoms with Gasteiger partial charge in [-0.05, 0) is 47.0 Å². The number of hydrogen-bond donors (Lipinski definition) is 0. The van der Waals surface area contributed by atoms with E-state index in [1.54, 1.807) is 0 Å². The van der Waals surface area contributed by atoms with Crippen LogP contribution in [-0.2, 0) is 0 Å². The molecule has 0 aliphatic rings. The molecule has 0 aliphatic heterocycles. The van der Waals surface area contributed by atoms with Crippen LogP contribution in [0.4, 0.5) is 0 Å². The molecule has 0 amide bonds. The van der Waals surface area contributed by atoms with Crippen molar-refractivity contribution in [2.45, 2.75) is 47.0 Å². The van der Waals surface area contributed by atoms with Crippen molar-refractivity contribution in [2.75, 3.05) is 0 Å². The Bertz CT molecular complexity index is 212. The second kappa shape index (κ2) is 6.71. The standard InChI is InChI=1S/C13H22/c1-6-7-8-9-12(4)10-13(5)11(2)3/h6,10H,1,7-9H2,2-5H3/b12-10+. The van der Waals surface area contributed by atoms with Crippen LogP contribution in [0.3, 0.4) is 0 Å². The summed E-state index contributed by atoms with van der Waals surface area (Å²) in [6.45, 7) is 12.4. The van der Waals surface area contributed by atoms with Crippen LogP contribution in [0, 0.1) is 0 Å². The van der Waals surface area contributed by atoms with Crippen molar-refractivity contribution < 1.29 is 0 Å². The van der Waals surface area contributed by atoms with E-state index < -0.39 is 0 Å². The normalized spacial score (nSPS) is 11.2. The van der Waals surface area contributed by atoms with Gasteiger partial charge in [0.1, 0.15) is 0 Å². The molecule has 13 heavy (non-hydrogen) atoms. The van der Waals surface area contributed by atoms with Gasteiger partial charge in [-0.25, -0.2) is 0 Å². The highest BCUT2D eigenvalue weighted by molar-refractivity contribution is 5.24. The summed E-state index contributed by atoms with van der Waals surface area (Å²) >= 11 is 0. The molecule has 0 saturated heterocycles. The van der Waals surface area contributed by atoms with Gasteiger partial charge in [0.05, 0.1) is 0 Å². The van der Waals surface area contributed by atoms with Crippen LogP contribution in [0.5, 0.6) is 0 Å². The van der Waals surface area contributed by atoms with E-state index in [-0.39, 0.29) is 0 Å². The molecule has 0 heteroatoms. The van der Waals surface area contributed by atoms with E-state index in [0.29, 0.717) is 0 Å². The van der Waals surface area contributed by atoms with E-state index in [1.165, 1.54) is 29.6 Å².